The molecule has 1 aromatic carbocycles. The van der Waals surface area contributed by atoms with Gasteiger partial charge in [-0.05, 0) is 30.5 Å². The van der Waals surface area contributed by atoms with E-state index < -0.39 is 0 Å². The van der Waals surface area contributed by atoms with E-state index in [0.717, 1.165) is 75.8 Å². The van der Waals surface area contributed by atoms with Crippen LogP contribution in [0.4, 0.5) is 5.95 Å². The summed E-state index contributed by atoms with van der Waals surface area (Å²) in [4.78, 5) is 41.3. The number of carbonyl (C=O) groups is 1. The Hall–Kier alpha value is -3.11. The summed E-state index contributed by atoms with van der Waals surface area (Å²) in [6.45, 7) is 10.5. The zero-order valence-electron chi connectivity index (χ0n) is 21.1. The van der Waals surface area contributed by atoms with E-state index in [-0.39, 0.29) is 11.5 Å². The van der Waals surface area contributed by atoms with Gasteiger partial charge in [-0.1, -0.05) is 13.0 Å². The minimum absolute atomic E-state index is 0.125. The number of anilines is 1. The molecule has 0 radical (unpaired) electrons. The van der Waals surface area contributed by atoms with E-state index in [1.807, 2.05) is 17.9 Å². The van der Waals surface area contributed by atoms with Gasteiger partial charge < -0.3 is 19.3 Å². The van der Waals surface area contributed by atoms with Crippen molar-refractivity contribution in [3.8, 4) is 11.5 Å². The number of H-pyrrole nitrogens is 1. The highest BCUT2D eigenvalue weighted by atomic mass is 16.7. The number of carbonyl (C=O) groups excluding carboxylic acids is 1. The number of nitrogens with zero attached hydrogens (tertiary/aromatic N) is 5. The van der Waals surface area contributed by atoms with Crippen molar-refractivity contribution in [3.63, 3.8) is 0 Å². The topological polar surface area (TPSA) is 94.2 Å². The number of piperazine rings is 1. The summed E-state index contributed by atoms with van der Waals surface area (Å²) < 4.78 is 10.9. The van der Waals surface area contributed by atoms with Gasteiger partial charge in [-0.2, -0.15) is 0 Å². The Morgan fingerprint density at radius 1 is 0.944 bits per heavy atom. The molecule has 3 aliphatic rings. The van der Waals surface area contributed by atoms with Crippen LogP contribution in [0, 0.1) is 0 Å². The third kappa shape index (κ3) is 5.99. The second-order valence-electron chi connectivity index (χ2n) is 9.77. The molecule has 2 aromatic rings. The molecule has 4 heterocycles. The molecular weight excluding hydrogens is 460 g/mol. The van der Waals surface area contributed by atoms with Gasteiger partial charge in [-0.3, -0.25) is 24.4 Å². The van der Waals surface area contributed by atoms with E-state index in [4.69, 9.17) is 14.5 Å². The third-order valence-corrected chi connectivity index (χ3v) is 7.09. The molecule has 1 N–H and O–H groups in total. The van der Waals surface area contributed by atoms with Gasteiger partial charge >= 0.3 is 0 Å². The van der Waals surface area contributed by atoms with E-state index in [9.17, 15) is 9.59 Å². The highest BCUT2D eigenvalue weighted by Gasteiger charge is 2.22. The summed E-state index contributed by atoms with van der Waals surface area (Å²) in [7, 11) is 0. The van der Waals surface area contributed by atoms with Gasteiger partial charge in [-0.15, -0.1) is 0 Å². The van der Waals surface area contributed by atoms with Gasteiger partial charge in [0.05, 0.1) is 5.69 Å². The molecule has 194 valence electrons. The van der Waals surface area contributed by atoms with Crippen molar-refractivity contribution in [3.05, 3.63) is 45.9 Å². The third-order valence-electron chi connectivity index (χ3n) is 7.09. The van der Waals surface area contributed by atoms with Crippen LogP contribution < -0.4 is 19.9 Å². The van der Waals surface area contributed by atoms with Crippen LogP contribution in [-0.4, -0.2) is 89.7 Å². The normalized spacial score (nSPS) is 18.9. The van der Waals surface area contributed by atoms with E-state index in [2.05, 4.69) is 31.8 Å². The molecule has 0 spiro atoms. The van der Waals surface area contributed by atoms with Crippen LogP contribution in [0.1, 0.15) is 37.4 Å². The van der Waals surface area contributed by atoms with Crippen molar-refractivity contribution < 1.29 is 14.3 Å². The molecule has 0 bridgehead atoms. The van der Waals surface area contributed by atoms with Crippen LogP contribution in [-0.2, 0) is 17.9 Å². The number of amides is 1. The molecule has 0 atom stereocenters. The Labute approximate surface area is 211 Å². The zero-order valence-corrected chi connectivity index (χ0v) is 21.1. The van der Waals surface area contributed by atoms with Gasteiger partial charge in [-0.25, -0.2) is 4.98 Å². The first-order chi connectivity index (χ1) is 17.6. The van der Waals surface area contributed by atoms with Gasteiger partial charge in [0, 0.05) is 77.9 Å². The molecule has 1 aromatic heterocycles. The number of nitrogens with one attached hydrogen (secondary N) is 1. The number of hydrogen-bond donors (Lipinski definition) is 1. The van der Waals surface area contributed by atoms with Crippen molar-refractivity contribution in [1.29, 1.82) is 0 Å². The first kappa shape index (κ1) is 24.6. The quantitative estimate of drug-likeness (QED) is 0.619. The fourth-order valence-corrected chi connectivity index (χ4v) is 5.11. The standard InChI is InChI=1S/C26H36N6O4/c1-2-4-25(34)31-7-3-8-32(14-13-31)26-27-21(16-24(33)28-26)18-30-11-9-29(10-12-30)17-20-5-6-22-23(15-20)36-19-35-22/h5-6,15-16H,2-4,7-14,17-19H2,1H3,(H,27,28,33). The summed E-state index contributed by atoms with van der Waals surface area (Å²) in [5.74, 6) is 2.47. The summed E-state index contributed by atoms with van der Waals surface area (Å²) in [6, 6.07) is 7.76. The largest absolute Gasteiger partial charge is 0.454 e. The maximum absolute atomic E-state index is 12.4. The Balaban J connectivity index is 1.14. The van der Waals surface area contributed by atoms with Gasteiger partial charge in [0.25, 0.3) is 5.56 Å². The molecule has 10 heteroatoms. The zero-order chi connectivity index (χ0) is 24.9. The van der Waals surface area contributed by atoms with Gasteiger partial charge in [0.1, 0.15) is 0 Å². The number of aromatic amines is 1. The average Bonchev–Trinajstić information content (AvgIpc) is 3.19. The molecule has 2 saturated heterocycles. The van der Waals surface area contributed by atoms with Crippen LogP contribution in [0.25, 0.3) is 0 Å². The van der Waals surface area contributed by atoms with Gasteiger partial charge in [0.2, 0.25) is 18.6 Å². The van der Waals surface area contributed by atoms with Crippen molar-refractivity contribution in [1.82, 2.24) is 24.7 Å². The van der Waals surface area contributed by atoms with Crippen molar-refractivity contribution >= 4 is 11.9 Å². The summed E-state index contributed by atoms with van der Waals surface area (Å²) in [6.07, 6.45) is 2.33. The van der Waals surface area contributed by atoms with Crippen LogP contribution >= 0.6 is 0 Å². The van der Waals surface area contributed by atoms with E-state index >= 15 is 0 Å². The molecule has 36 heavy (non-hydrogen) atoms. The van der Waals surface area contributed by atoms with E-state index in [1.165, 1.54) is 5.56 Å². The smallest absolute Gasteiger partial charge is 0.252 e. The number of ether oxygens (including phenoxy) is 2. The molecule has 0 aliphatic carbocycles. The molecule has 1 amide bonds. The Kier molecular flexibility index (Phi) is 7.72. The van der Waals surface area contributed by atoms with E-state index in [0.29, 0.717) is 38.8 Å². The monoisotopic (exact) mass is 496 g/mol. The summed E-state index contributed by atoms with van der Waals surface area (Å²) in [5.41, 5.74) is 1.89. The van der Waals surface area contributed by atoms with Crippen LogP contribution in [0.5, 0.6) is 11.5 Å². The lowest BCUT2D eigenvalue weighted by atomic mass is 10.1. The Morgan fingerprint density at radius 3 is 2.53 bits per heavy atom. The van der Waals surface area contributed by atoms with Crippen LogP contribution in [0.2, 0.25) is 0 Å². The van der Waals surface area contributed by atoms with Crippen LogP contribution in [0.15, 0.2) is 29.1 Å². The molecule has 2 fully saturated rings. The molecule has 5 rings (SSSR count). The second-order valence-corrected chi connectivity index (χ2v) is 9.77. The van der Waals surface area contributed by atoms with Crippen molar-refractivity contribution in [2.75, 3.05) is 64.1 Å². The first-order valence-electron chi connectivity index (χ1n) is 13.0. The summed E-state index contributed by atoms with van der Waals surface area (Å²) >= 11 is 0. The Bertz CT molecular complexity index is 1110. The number of hydrogen-bond acceptors (Lipinski definition) is 8. The minimum Gasteiger partial charge on any atom is -0.454 e. The fourth-order valence-electron chi connectivity index (χ4n) is 5.11. The molecule has 0 unspecified atom stereocenters. The maximum atomic E-state index is 12.4. The maximum Gasteiger partial charge on any atom is 0.252 e. The SMILES string of the molecule is CCCC(=O)N1CCCN(c2nc(CN3CCN(Cc4ccc5c(c4)OCO5)CC3)cc(=O)[nH]2)CC1. The number of benzene rings is 1. The lowest BCUT2D eigenvalue weighted by Crippen LogP contribution is -2.45. The Morgan fingerprint density at radius 2 is 1.72 bits per heavy atom. The van der Waals surface area contributed by atoms with E-state index in [1.54, 1.807) is 6.07 Å². The van der Waals surface area contributed by atoms with Crippen LogP contribution in [0.3, 0.4) is 0 Å². The van der Waals surface area contributed by atoms with Crippen molar-refractivity contribution in [2.24, 2.45) is 0 Å². The summed E-state index contributed by atoms with van der Waals surface area (Å²) in [5, 5.41) is 0. The lowest BCUT2D eigenvalue weighted by Gasteiger charge is -2.34. The van der Waals surface area contributed by atoms with Gasteiger partial charge in [0.15, 0.2) is 11.5 Å². The van der Waals surface area contributed by atoms with Crippen molar-refractivity contribution in [2.45, 2.75) is 39.3 Å². The second kappa shape index (κ2) is 11.3. The minimum atomic E-state index is -0.125. The molecule has 3 aliphatic heterocycles. The molecule has 10 nitrogen and oxygen atoms in total. The number of fused-ring (bicyclic) bond motifs is 1. The highest BCUT2D eigenvalue weighted by Crippen LogP contribution is 2.32. The highest BCUT2D eigenvalue weighted by molar-refractivity contribution is 5.76. The molecular formula is C26H36N6O4. The predicted molar refractivity (Wildman–Crippen MR) is 136 cm³/mol. The lowest BCUT2D eigenvalue weighted by molar-refractivity contribution is -0.131. The first-order valence-corrected chi connectivity index (χ1v) is 13.0. The average molecular weight is 497 g/mol. The number of rotatable bonds is 7. The fraction of sp³-hybridized carbons (Fsp3) is 0.577. The number of aromatic nitrogens is 2. The molecule has 0 saturated carbocycles. The predicted octanol–water partition coefficient (Wildman–Crippen LogP) is 1.66.